The second kappa shape index (κ2) is 10.8. The number of carbonyl (C=O) groups excluding carboxylic acids is 1. The largest absolute Gasteiger partial charge is 0.351 e. The zero-order valence-corrected chi connectivity index (χ0v) is 20.7. The van der Waals surface area contributed by atoms with Crippen LogP contribution in [0.15, 0.2) is 34.2 Å². The predicted molar refractivity (Wildman–Crippen MR) is 133 cm³/mol. The number of carbonyl (C=O) groups is 1. The van der Waals surface area contributed by atoms with Crippen molar-refractivity contribution >= 4 is 39.2 Å². The van der Waals surface area contributed by atoms with E-state index in [0.717, 1.165) is 48.9 Å². The zero-order chi connectivity index (χ0) is 23.4. The fourth-order valence-corrected chi connectivity index (χ4v) is 6.25. The van der Waals surface area contributed by atoms with Gasteiger partial charge in [-0.1, -0.05) is 30.0 Å². The van der Waals surface area contributed by atoms with E-state index in [2.05, 4.69) is 10.2 Å². The highest BCUT2D eigenvalue weighted by atomic mass is 32.2. The normalized spacial score (nSPS) is 13.5. The van der Waals surface area contributed by atoms with Crippen molar-refractivity contribution in [2.75, 3.05) is 26.4 Å². The van der Waals surface area contributed by atoms with E-state index in [1.54, 1.807) is 34.1 Å². The Morgan fingerprint density at radius 3 is 2.85 bits per heavy atom. The quantitative estimate of drug-likeness (QED) is 0.366. The molecule has 1 N–H and O–H groups in total. The molecule has 2 aromatic heterocycles. The first-order chi connectivity index (χ1) is 15.9. The summed E-state index contributed by atoms with van der Waals surface area (Å²) in [5.74, 6) is -0.442. The van der Waals surface area contributed by atoms with Gasteiger partial charge in [0.15, 0.2) is 5.16 Å². The molecule has 0 radical (unpaired) electrons. The molecular weight excluding hydrogens is 459 g/mol. The van der Waals surface area contributed by atoms with E-state index in [1.807, 2.05) is 14.1 Å². The summed E-state index contributed by atoms with van der Waals surface area (Å²) in [5, 5.41) is 4.11. The summed E-state index contributed by atoms with van der Waals surface area (Å²) in [4.78, 5) is 35.0. The maximum absolute atomic E-state index is 13.8. The van der Waals surface area contributed by atoms with Crippen molar-refractivity contribution in [1.82, 2.24) is 19.8 Å². The molecule has 2 heterocycles. The van der Waals surface area contributed by atoms with Crippen molar-refractivity contribution in [3.05, 3.63) is 56.4 Å². The summed E-state index contributed by atoms with van der Waals surface area (Å²) in [6, 6.07) is 6.39. The summed E-state index contributed by atoms with van der Waals surface area (Å²) >= 11 is 2.89. The van der Waals surface area contributed by atoms with Crippen LogP contribution >= 0.6 is 23.1 Å². The van der Waals surface area contributed by atoms with E-state index in [4.69, 9.17) is 4.98 Å². The Kier molecular flexibility index (Phi) is 7.82. The molecule has 4 rings (SSSR count). The third-order valence-corrected chi connectivity index (χ3v) is 7.96. The summed E-state index contributed by atoms with van der Waals surface area (Å²) in [6.07, 6.45) is 5.03. The predicted octanol–water partition coefficient (Wildman–Crippen LogP) is 3.84. The molecule has 1 aromatic carbocycles. The molecule has 9 heteroatoms. The summed E-state index contributed by atoms with van der Waals surface area (Å²) in [5.41, 5.74) is 1.63. The van der Waals surface area contributed by atoms with Gasteiger partial charge in [-0.3, -0.25) is 14.2 Å². The van der Waals surface area contributed by atoms with E-state index in [0.29, 0.717) is 17.3 Å². The summed E-state index contributed by atoms with van der Waals surface area (Å²) < 4.78 is 15.5. The van der Waals surface area contributed by atoms with Gasteiger partial charge in [-0.25, -0.2) is 9.37 Å². The number of aryl methyl sites for hydroxylation is 2. The number of hydrogen-bond donors (Lipinski definition) is 1. The Hall–Kier alpha value is -2.23. The topological polar surface area (TPSA) is 67.2 Å². The molecule has 0 saturated heterocycles. The van der Waals surface area contributed by atoms with Gasteiger partial charge in [-0.15, -0.1) is 11.3 Å². The number of rotatable bonds is 9. The standard InChI is InChI=1S/C24H29FN4O2S2/c1-28(2)12-7-13-29-23(31)21-17-9-4-6-11-19(17)33-22(21)27-24(29)32-15-20(30)26-14-16-8-3-5-10-18(16)25/h3,5,8,10H,4,6-7,9,11-15H2,1-2H3,(H,26,30). The Morgan fingerprint density at radius 1 is 1.27 bits per heavy atom. The molecule has 0 spiro atoms. The van der Waals surface area contributed by atoms with Gasteiger partial charge in [-0.05, 0) is 64.4 Å². The van der Waals surface area contributed by atoms with Crippen molar-refractivity contribution in [3.8, 4) is 0 Å². The van der Waals surface area contributed by atoms with E-state index in [9.17, 15) is 14.0 Å². The molecule has 0 bridgehead atoms. The molecule has 0 fully saturated rings. The maximum atomic E-state index is 13.8. The van der Waals surface area contributed by atoms with Crippen molar-refractivity contribution in [2.45, 2.75) is 50.4 Å². The minimum absolute atomic E-state index is 0.00687. The number of aromatic nitrogens is 2. The first-order valence-corrected chi connectivity index (χ1v) is 13.1. The fourth-order valence-electron chi connectivity index (χ4n) is 4.09. The molecule has 0 atom stereocenters. The highest BCUT2D eigenvalue weighted by Crippen LogP contribution is 2.34. The van der Waals surface area contributed by atoms with Crippen LogP contribution in [-0.4, -0.2) is 46.8 Å². The van der Waals surface area contributed by atoms with Gasteiger partial charge in [-0.2, -0.15) is 0 Å². The average molecular weight is 489 g/mol. The first-order valence-electron chi connectivity index (χ1n) is 11.3. The van der Waals surface area contributed by atoms with E-state index in [-0.39, 0.29) is 29.6 Å². The summed E-state index contributed by atoms with van der Waals surface area (Å²) in [7, 11) is 4.02. The van der Waals surface area contributed by atoms with Gasteiger partial charge < -0.3 is 10.2 Å². The Labute approximate surface area is 201 Å². The number of benzene rings is 1. The third-order valence-electron chi connectivity index (χ3n) is 5.79. The minimum Gasteiger partial charge on any atom is -0.351 e. The molecule has 3 aromatic rings. The monoisotopic (exact) mass is 488 g/mol. The van der Waals surface area contributed by atoms with Crippen molar-refractivity contribution in [3.63, 3.8) is 0 Å². The van der Waals surface area contributed by atoms with Crippen LogP contribution in [0.25, 0.3) is 10.2 Å². The second-order valence-electron chi connectivity index (χ2n) is 8.56. The van der Waals surface area contributed by atoms with Gasteiger partial charge in [0.1, 0.15) is 10.6 Å². The molecule has 176 valence electrons. The average Bonchev–Trinajstić information content (AvgIpc) is 3.17. The lowest BCUT2D eigenvalue weighted by Gasteiger charge is -2.15. The smallest absolute Gasteiger partial charge is 0.263 e. The SMILES string of the molecule is CN(C)CCCn1c(SCC(=O)NCc2ccccc2F)nc2sc3c(c2c1=O)CCCC3. The highest BCUT2D eigenvalue weighted by molar-refractivity contribution is 7.99. The molecule has 33 heavy (non-hydrogen) atoms. The van der Waals surface area contributed by atoms with E-state index >= 15 is 0 Å². The van der Waals surface area contributed by atoms with Crippen LogP contribution in [0.4, 0.5) is 4.39 Å². The number of nitrogens with zero attached hydrogens (tertiary/aromatic N) is 3. The number of nitrogens with one attached hydrogen (secondary N) is 1. The molecule has 6 nitrogen and oxygen atoms in total. The number of fused-ring (bicyclic) bond motifs is 3. The van der Waals surface area contributed by atoms with Crippen LogP contribution in [0.5, 0.6) is 0 Å². The Morgan fingerprint density at radius 2 is 2.06 bits per heavy atom. The van der Waals surface area contributed by atoms with Crippen LogP contribution in [0.1, 0.15) is 35.3 Å². The van der Waals surface area contributed by atoms with Crippen LogP contribution in [-0.2, 0) is 30.7 Å². The van der Waals surface area contributed by atoms with Gasteiger partial charge in [0, 0.05) is 23.5 Å². The van der Waals surface area contributed by atoms with Crippen molar-refractivity contribution in [1.29, 1.82) is 0 Å². The van der Waals surface area contributed by atoms with E-state index in [1.165, 1.54) is 28.3 Å². The van der Waals surface area contributed by atoms with Crippen LogP contribution in [0, 0.1) is 5.82 Å². The molecule has 0 unspecified atom stereocenters. The third kappa shape index (κ3) is 5.65. The van der Waals surface area contributed by atoms with Gasteiger partial charge in [0.25, 0.3) is 5.56 Å². The Balaban J connectivity index is 1.54. The second-order valence-corrected chi connectivity index (χ2v) is 10.6. The van der Waals surface area contributed by atoms with Crippen molar-refractivity contribution in [2.24, 2.45) is 0 Å². The lowest BCUT2D eigenvalue weighted by atomic mass is 9.97. The fraction of sp³-hybridized carbons (Fsp3) is 0.458. The molecule has 1 aliphatic carbocycles. The molecule has 0 saturated carbocycles. The van der Waals surface area contributed by atoms with Crippen LogP contribution in [0.2, 0.25) is 0 Å². The number of hydrogen-bond acceptors (Lipinski definition) is 6. The number of thioether (sulfide) groups is 1. The summed E-state index contributed by atoms with van der Waals surface area (Å²) in [6.45, 7) is 1.55. The molecule has 1 amide bonds. The number of halogens is 1. The highest BCUT2D eigenvalue weighted by Gasteiger charge is 2.22. The molecule has 1 aliphatic rings. The van der Waals surface area contributed by atoms with Crippen molar-refractivity contribution < 1.29 is 9.18 Å². The maximum Gasteiger partial charge on any atom is 0.263 e. The number of thiophene rings is 1. The number of amides is 1. The van der Waals surface area contributed by atoms with Crippen LogP contribution in [0.3, 0.4) is 0 Å². The zero-order valence-electron chi connectivity index (χ0n) is 19.0. The lowest BCUT2D eigenvalue weighted by molar-refractivity contribution is -0.118. The van der Waals surface area contributed by atoms with Crippen LogP contribution < -0.4 is 10.9 Å². The first kappa shape index (κ1) is 23.9. The molecule has 0 aliphatic heterocycles. The van der Waals surface area contributed by atoms with Gasteiger partial charge in [0.2, 0.25) is 5.91 Å². The van der Waals surface area contributed by atoms with Gasteiger partial charge >= 0.3 is 0 Å². The molecular formula is C24H29FN4O2S2. The minimum atomic E-state index is -0.339. The Bertz CT molecular complexity index is 1210. The van der Waals surface area contributed by atoms with Gasteiger partial charge in [0.05, 0.1) is 11.1 Å². The lowest BCUT2D eigenvalue weighted by Crippen LogP contribution is -2.28. The van der Waals surface area contributed by atoms with E-state index < -0.39 is 0 Å².